The third kappa shape index (κ3) is 3.23. The van der Waals surface area contributed by atoms with Gasteiger partial charge in [0, 0.05) is 30.2 Å². The Kier molecular flexibility index (Phi) is 4.01. The van der Waals surface area contributed by atoms with Crippen molar-refractivity contribution in [2.45, 2.75) is 6.92 Å². The number of benzene rings is 2. The van der Waals surface area contributed by atoms with Crippen molar-refractivity contribution in [1.29, 1.82) is 0 Å². The molecule has 0 saturated carbocycles. The van der Waals surface area contributed by atoms with E-state index < -0.39 is 0 Å². The normalized spacial score (nSPS) is 10.3. The van der Waals surface area contributed by atoms with Crippen molar-refractivity contribution in [3.63, 3.8) is 0 Å². The molecule has 1 N–H and O–H groups in total. The van der Waals surface area contributed by atoms with Gasteiger partial charge in [0.2, 0.25) is 5.95 Å². The summed E-state index contributed by atoms with van der Waals surface area (Å²) in [4.78, 5) is 11.1. The SMILES string of the molecule is Cc1cc(Nc2ccccc2)nc(N(C)c2ccccc2)n1. The van der Waals surface area contributed by atoms with Crippen LogP contribution in [0.25, 0.3) is 0 Å². The quantitative estimate of drug-likeness (QED) is 0.778. The molecule has 2 aromatic carbocycles. The summed E-state index contributed by atoms with van der Waals surface area (Å²) in [7, 11) is 1.97. The average Bonchev–Trinajstić information content (AvgIpc) is 2.55. The van der Waals surface area contributed by atoms with Gasteiger partial charge in [-0.25, -0.2) is 4.98 Å². The highest BCUT2D eigenvalue weighted by Gasteiger charge is 2.09. The minimum absolute atomic E-state index is 0.671. The third-order valence-corrected chi connectivity index (χ3v) is 3.33. The van der Waals surface area contributed by atoms with E-state index in [1.54, 1.807) is 0 Å². The molecular weight excluding hydrogens is 272 g/mol. The molecule has 0 bridgehead atoms. The van der Waals surface area contributed by atoms with E-state index in [9.17, 15) is 0 Å². The Labute approximate surface area is 130 Å². The molecule has 0 spiro atoms. The first-order chi connectivity index (χ1) is 10.7. The summed E-state index contributed by atoms with van der Waals surface area (Å²) in [6.07, 6.45) is 0. The fraction of sp³-hybridized carbons (Fsp3) is 0.111. The maximum atomic E-state index is 4.61. The summed E-state index contributed by atoms with van der Waals surface area (Å²) in [5, 5.41) is 3.31. The van der Waals surface area contributed by atoms with Crippen LogP contribution in [0, 0.1) is 6.92 Å². The van der Waals surface area contributed by atoms with Crippen LogP contribution in [0.4, 0.5) is 23.1 Å². The highest BCUT2D eigenvalue weighted by atomic mass is 15.2. The molecular formula is C18H18N4. The molecule has 1 heterocycles. The first-order valence-corrected chi connectivity index (χ1v) is 7.19. The van der Waals surface area contributed by atoms with E-state index in [0.29, 0.717) is 5.95 Å². The van der Waals surface area contributed by atoms with E-state index in [4.69, 9.17) is 0 Å². The summed E-state index contributed by atoms with van der Waals surface area (Å²) in [5.41, 5.74) is 2.99. The molecule has 0 aliphatic rings. The smallest absolute Gasteiger partial charge is 0.231 e. The highest BCUT2D eigenvalue weighted by molar-refractivity contribution is 5.61. The summed E-state index contributed by atoms with van der Waals surface area (Å²) in [6.45, 7) is 1.97. The molecule has 4 heteroatoms. The van der Waals surface area contributed by atoms with Gasteiger partial charge in [0.05, 0.1) is 0 Å². The number of aromatic nitrogens is 2. The van der Waals surface area contributed by atoms with Crippen LogP contribution in [-0.4, -0.2) is 17.0 Å². The molecule has 0 aliphatic carbocycles. The lowest BCUT2D eigenvalue weighted by atomic mass is 10.3. The Morgan fingerprint density at radius 1 is 0.864 bits per heavy atom. The second kappa shape index (κ2) is 6.26. The lowest BCUT2D eigenvalue weighted by Gasteiger charge is -2.18. The molecule has 0 amide bonds. The number of nitrogens with one attached hydrogen (secondary N) is 1. The summed E-state index contributed by atoms with van der Waals surface area (Å²) in [5.74, 6) is 1.46. The predicted octanol–water partition coefficient (Wildman–Crippen LogP) is 4.30. The molecule has 22 heavy (non-hydrogen) atoms. The number of para-hydroxylation sites is 2. The molecule has 0 atom stereocenters. The van der Waals surface area contributed by atoms with Gasteiger partial charge in [-0.15, -0.1) is 0 Å². The topological polar surface area (TPSA) is 41.1 Å². The van der Waals surface area contributed by atoms with Crippen molar-refractivity contribution < 1.29 is 0 Å². The van der Waals surface area contributed by atoms with E-state index in [1.807, 2.05) is 85.6 Å². The van der Waals surface area contributed by atoms with Crippen molar-refractivity contribution in [3.05, 3.63) is 72.4 Å². The summed E-state index contributed by atoms with van der Waals surface area (Å²) >= 11 is 0. The van der Waals surface area contributed by atoms with E-state index >= 15 is 0 Å². The zero-order chi connectivity index (χ0) is 15.4. The summed E-state index contributed by atoms with van der Waals surface area (Å²) < 4.78 is 0. The Morgan fingerprint density at radius 2 is 1.50 bits per heavy atom. The number of hydrogen-bond acceptors (Lipinski definition) is 4. The van der Waals surface area contributed by atoms with E-state index in [1.165, 1.54) is 0 Å². The molecule has 0 unspecified atom stereocenters. The third-order valence-electron chi connectivity index (χ3n) is 3.33. The molecule has 4 nitrogen and oxygen atoms in total. The van der Waals surface area contributed by atoms with Crippen molar-refractivity contribution in [3.8, 4) is 0 Å². The number of rotatable bonds is 4. The van der Waals surface area contributed by atoms with Gasteiger partial charge in [-0.3, -0.25) is 0 Å². The molecule has 0 fully saturated rings. The minimum atomic E-state index is 0.671. The van der Waals surface area contributed by atoms with Gasteiger partial charge in [-0.05, 0) is 31.2 Å². The Balaban J connectivity index is 1.90. The first kappa shape index (κ1) is 14.1. The van der Waals surface area contributed by atoms with Crippen LogP contribution in [-0.2, 0) is 0 Å². The molecule has 1 aromatic heterocycles. The lowest BCUT2D eigenvalue weighted by molar-refractivity contribution is 1.02. The van der Waals surface area contributed by atoms with Crippen molar-refractivity contribution in [1.82, 2.24) is 9.97 Å². The highest BCUT2D eigenvalue weighted by Crippen LogP contribution is 2.22. The summed E-state index contributed by atoms with van der Waals surface area (Å²) in [6, 6.07) is 22.0. The zero-order valence-corrected chi connectivity index (χ0v) is 12.7. The van der Waals surface area contributed by atoms with Crippen molar-refractivity contribution >= 4 is 23.1 Å². The van der Waals surface area contributed by atoms with Gasteiger partial charge in [-0.2, -0.15) is 4.98 Å². The van der Waals surface area contributed by atoms with E-state index in [2.05, 4.69) is 15.3 Å². The fourth-order valence-electron chi connectivity index (χ4n) is 2.20. The Morgan fingerprint density at radius 3 is 2.18 bits per heavy atom. The molecule has 0 saturated heterocycles. The zero-order valence-electron chi connectivity index (χ0n) is 12.7. The predicted molar refractivity (Wildman–Crippen MR) is 91.0 cm³/mol. The Bertz CT molecular complexity index is 742. The number of anilines is 4. The second-order valence-corrected chi connectivity index (χ2v) is 5.08. The maximum absolute atomic E-state index is 4.61. The average molecular weight is 290 g/mol. The number of hydrogen-bond donors (Lipinski definition) is 1. The largest absolute Gasteiger partial charge is 0.340 e. The minimum Gasteiger partial charge on any atom is -0.340 e. The molecule has 3 aromatic rings. The molecule has 0 radical (unpaired) electrons. The van der Waals surface area contributed by atoms with Gasteiger partial charge >= 0.3 is 0 Å². The van der Waals surface area contributed by atoms with Gasteiger partial charge < -0.3 is 10.2 Å². The van der Waals surface area contributed by atoms with E-state index in [-0.39, 0.29) is 0 Å². The van der Waals surface area contributed by atoms with Crippen molar-refractivity contribution in [2.24, 2.45) is 0 Å². The van der Waals surface area contributed by atoms with Crippen LogP contribution in [0.2, 0.25) is 0 Å². The van der Waals surface area contributed by atoms with Gasteiger partial charge in [0.25, 0.3) is 0 Å². The van der Waals surface area contributed by atoms with Crippen LogP contribution in [0.3, 0.4) is 0 Å². The van der Waals surface area contributed by atoms with Crippen molar-refractivity contribution in [2.75, 3.05) is 17.3 Å². The second-order valence-electron chi connectivity index (χ2n) is 5.08. The maximum Gasteiger partial charge on any atom is 0.231 e. The fourth-order valence-corrected chi connectivity index (χ4v) is 2.20. The molecule has 110 valence electrons. The molecule has 0 aliphatic heterocycles. The number of nitrogens with zero attached hydrogens (tertiary/aromatic N) is 3. The van der Waals surface area contributed by atoms with Crippen LogP contribution in [0.15, 0.2) is 66.7 Å². The van der Waals surface area contributed by atoms with Crippen LogP contribution < -0.4 is 10.2 Å². The monoisotopic (exact) mass is 290 g/mol. The van der Waals surface area contributed by atoms with Crippen LogP contribution >= 0.6 is 0 Å². The molecule has 3 rings (SSSR count). The van der Waals surface area contributed by atoms with Gasteiger partial charge in [-0.1, -0.05) is 36.4 Å². The van der Waals surface area contributed by atoms with Crippen LogP contribution in [0.1, 0.15) is 5.69 Å². The van der Waals surface area contributed by atoms with E-state index in [0.717, 1.165) is 22.9 Å². The van der Waals surface area contributed by atoms with Gasteiger partial charge in [0.1, 0.15) is 5.82 Å². The van der Waals surface area contributed by atoms with Crippen LogP contribution in [0.5, 0.6) is 0 Å². The Hall–Kier alpha value is -2.88. The van der Waals surface area contributed by atoms with Gasteiger partial charge in [0.15, 0.2) is 0 Å². The number of aryl methyl sites for hydroxylation is 1. The lowest BCUT2D eigenvalue weighted by Crippen LogP contribution is -2.14. The first-order valence-electron chi connectivity index (χ1n) is 7.19. The standard InChI is InChI=1S/C18H18N4/c1-14-13-17(20-15-9-5-3-6-10-15)21-18(19-14)22(2)16-11-7-4-8-12-16/h3-13H,1-2H3,(H,19,20,21).